The lowest BCUT2D eigenvalue weighted by atomic mass is 9.97. The SMILES string of the molecule is O=C(C[C@@H]1NCCC[C@H]1O)Cn1cnc2cc(Br)c(Cl)cc2c1=O.O=C(C[C@@H]1NCCC[C@H]1O)Cn1cnc2cc(Br)c(Cl)cc2c1=O. The molecule has 0 unspecified atom stereocenters. The Labute approximate surface area is 302 Å². The number of aromatic nitrogens is 4. The highest BCUT2D eigenvalue weighted by molar-refractivity contribution is 9.10. The zero-order valence-electron chi connectivity index (χ0n) is 25.7. The molecule has 0 saturated carbocycles. The van der Waals surface area contributed by atoms with Crippen LogP contribution in [0.15, 0.2) is 55.5 Å². The van der Waals surface area contributed by atoms with Gasteiger partial charge in [-0.3, -0.25) is 28.3 Å². The van der Waals surface area contributed by atoms with Crippen LogP contribution in [-0.4, -0.2) is 78.3 Å². The van der Waals surface area contributed by atoms with Gasteiger partial charge in [0.25, 0.3) is 11.1 Å². The molecule has 2 aliphatic rings. The van der Waals surface area contributed by atoms with E-state index in [4.69, 9.17) is 23.2 Å². The van der Waals surface area contributed by atoms with Gasteiger partial charge in [-0.25, -0.2) is 9.97 Å². The minimum Gasteiger partial charge on any atom is -0.391 e. The molecule has 0 aliphatic carbocycles. The van der Waals surface area contributed by atoms with Gasteiger partial charge in [0, 0.05) is 33.9 Å². The summed E-state index contributed by atoms with van der Waals surface area (Å²) in [4.78, 5) is 58.0. The van der Waals surface area contributed by atoms with Crippen molar-refractivity contribution in [2.75, 3.05) is 13.1 Å². The highest BCUT2D eigenvalue weighted by Gasteiger charge is 2.26. The van der Waals surface area contributed by atoms with Gasteiger partial charge in [0.2, 0.25) is 0 Å². The van der Waals surface area contributed by atoms with Crippen molar-refractivity contribution in [1.82, 2.24) is 29.7 Å². The Balaban J connectivity index is 0.000000188. The van der Waals surface area contributed by atoms with Crippen molar-refractivity contribution in [3.63, 3.8) is 0 Å². The Hall–Kier alpha value is -2.56. The predicted molar refractivity (Wildman–Crippen MR) is 191 cm³/mol. The third-order valence-electron chi connectivity index (χ3n) is 8.42. The third-order valence-corrected chi connectivity index (χ3v) is 10.8. The number of fused-ring (bicyclic) bond motifs is 2. The molecule has 16 heteroatoms. The molecule has 0 amide bonds. The maximum absolute atomic E-state index is 12.5. The Bertz CT molecular complexity index is 1820. The molecule has 0 radical (unpaired) electrons. The fraction of sp³-hybridized carbons (Fsp3) is 0.438. The second kappa shape index (κ2) is 16.4. The number of nitrogens with zero attached hydrogens (tertiary/aromatic N) is 4. The average Bonchev–Trinajstić information content (AvgIpc) is 3.05. The van der Waals surface area contributed by atoms with Crippen molar-refractivity contribution in [2.24, 2.45) is 0 Å². The van der Waals surface area contributed by atoms with E-state index in [1.165, 1.54) is 21.8 Å². The highest BCUT2D eigenvalue weighted by Crippen LogP contribution is 2.26. The molecule has 2 aromatic heterocycles. The lowest BCUT2D eigenvalue weighted by Crippen LogP contribution is -2.46. The van der Waals surface area contributed by atoms with Gasteiger partial charge >= 0.3 is 0 Å². The molecule has 6 rings (SSSR count). The Morgan fingerprint density at radius 1 is 0.750 bits per heavy atom. The van der Waals surface area contributed by atoms with E-state index in [1.54, 1.807) is 24.3 Å². The number of aliphatic hydroxyl groups is 2. The van der Waals surface area contributed by atoms with Crippen LogP contribution in [0.2, 0.25) is 10.0 Å². The number of halogens is 4. The lowest BCUT2D eigenvalue weighted by Gasteiger charge is -2.28. The fourth-order valence-electron chi connectivity index (χ4n) is 5.82. The highest BCUT2D eigenvalue weighted by atomic mass is 79.9. The van der Waals surface area contributed by atoms with Crippen LogP contribution in [0.1, 0.15) is 38.5 Å². The van der Waals surface area contributed by atoms with E-state index < -0.39 is 12.2 Å². The van der Waals surface area contributed by atoms with E-state index in [0.29, 0.717) is 53.6 Å². The van der Waals surface area contributed by atoms with E-state index in [1.807, 2.05) is 0 Å². The summed E-state index contributed by atoms with van der Waals surface area (Å²) in [5, 5.41) is 27.7. The minimum absolute atomic E-state index is 0.0691. The van der Waals surface area contributed by atoms with Gasteiger partial charge in [-0.2, -0.15) is 0 Å². The number of carbonyl (C=O) groups is 2. The number of carbonyl (C=O) groups excluding carboxylic acids is 2. The summed E-state index contributed by atoms with van der Waals surface area (Å²) in [5.74, 6) is -0.250. The van der Waals surface area contributed by atoms with Gasteiger partial charge in [-0.15, -0.1) is 0 Å². The van der Waals surface area contributed by atoms with Gasteiger partial charge in [0.15, 0.2) is 11.6 Å². The second-order valence-electron chi connectivity index (χ2n) is 11.9. The molecule has 12 nitrogen and oxygen atoms in total. The number of benzene rings is 2. The molecule has 4 N–H and O–H groups in total. The van der Waals surface area contributed by atoms with Crippen molar-refractivity contribution < 1.29 is 19.8 Å². The maximum atomic E-state index is 12.5. The number of nitrogens with one attached hydrogen (secondary N) is 2. The van der Waals surface area contributed by atoms with E-state index in [2.05, 4.69) is 52.5 Å². The first kappa shape index (κ1) is 36.7. The van der Waals surface area contributed by atoms with Gasteiger partial charge in [-0.1, -0.05) is 23.2 Å². The standard InChI is InChI=1S/2C16H17BrClN3O3/c2*17-11-6-13-10(5-12(11)18)16(24)21(8-20-13)7-9(22)4-14-15(23)2-1-3-19-14/h2*5-6,8,14-15,19,23H,1-4,7H2/t2*14-,15+/m00/s1. The van der Waals surface area contributed by atoms with Crippen LogP contribution in [0.4, 0.5) is 0 Å². The zero-order valence-corrected chi connectivity index (χ0v) is 30.4. The molecule has 0 bridgehead atoms. The number of ketones is 2. The Morgan fingerprint density at radius 2 is 1.15 bits per heavy atom. The predicted octanol–water partition coefficient (Wildman–Crippen LogP) is 3.77. The molecule has 4 heterocycles. The average molecular weight is 829 g/mol. The van der Waals surface area contributed by atoms with Crippen LogP contribution >= 0.6 is 55.1 Å². The van der Waals surface area contributed by atoms with E-state index in [0.717, 1.165) is 25.9 Å². The quantitative estimate of drug-likeness (QED) is 0.205. The van der Waals surface area contributed by atoms with Crippen LogP contribution in [0.5, 0.6) is 0 Å². The first-order chi connectivity index (χ1) is 22.9. The van der Waals surface area contributed by atoms with E-state index in [-0.39, 0.29) is 60.7 Å². The van der Waals surface area contributed by atoms with Gasteiger partial charge in [-0.05, 0) is 94.9 Å². The number of piperidine rings is 2. The van der Waals surface area contributed by atoms with Crippen molar-refractivity contribution >= 4 is 88.4 Å². The summed E-state index contributed by atoms with van der Waals surface area (Å²) in [7, 11) is 0. The van der Waals surface area contributed by atoms with Gasteiger partial charge in [0.05, 0.1) is 69.8 Å². The normalized spacial score (nSPS) is 21.1. The maximum Gasteiger partial charge on any atom is 0.261 e. The number of rotatable bonds is 8. The summed E-state index contributed by atoms with van der Waals surface area (Å²) in [5.41, 5.74) is 0.425. The zero-order chi connectivity index (χ0) is 34.5. The molecule has 2 saturated heterocycles. The molecule has 2 aliphatic heterocycles. The molecule has 256 valence electrons. The van der Waals surface area contributed by atoms with Crippen molar-refractivity contribution in [1.29, 1.82) is 0 Å². The first-order valence-electron chi connectivity index (χ1n) is 15.5. The summed E-state index contributed by atoms with van der Waals surface area (Å²) in [6.45, 7) is 1.44. The van der Waals surface area contributed by atoms with Gasteiger partial charge in [0.1, 0.15) is 0 Å². The number of Topliss-reactive ketones (excluding diaryl/α,β-unsaturated/α-hetero) is 2. The summed E-state index contributed by atoms with van der Waals surface area (Å²) < 4.78 is 3.89. The largest absolute Gasteiger partial charge is 0.391 e. The monoisotopic (exact) mass is 826 g/mol. The van der Waals surface area contributed by atoms with Gasteiger partial charge < -0.3 is 20.8 Å². The van der Waals surface area contributed by atoms with Crippen LogP contribution in [0.25, 0.3) is 21.8 Å². The molecule has 2 fully saturated rings. The Kier molecular flexibility index (Phi) is 12.6. The molecule has 0 spiro atoms. The number of hydrogen-bond donors (Lipinski definition) is 4. The molecular formula is C32H34Br2Cl2N6O6. The van der Waals surface area contributed by atoms with Crippen molar-refractivity contribution in [3.05, 3.63) is 76.6 Å². The van der Waals surface area contributed by atoms with Crippen molar-refractivity contribution in [3.8, 4) is 0 Å². The number of hydrogen-bond acceptors (Lipinski definition) is 10. The molecular weight excluding hydrogens is 795 g/mol. The summed E-state index contributed by atoms with van der Waals surface area (Å²) >= 11 is 18.7. The molecule has 48 heavy (non-hydrogen) atoms. The fourth-order valence-corrected chi connectivity index (χ4v) is 6.81. The topological polar surface area (TPSA) is 168 Å². The number of aliphatic hydroxyl groups excluding tert-OH is 2. The van der Waals surface area contributed by atoms with Crippen molar-refractivity contribution in [2.45, 2.75) is 75.9 Å². The van der Waals surface area contributed by atoms with Crippen LogP contribution < -0.4 is 21.8 Å². The van der Waals surface area contributed by atoms with Crippen LogP contribution in [-0.2, 0) is 22.7 Å². The van der Waals surface area contributed by atoms with Crippen LogP contribution in [0.3, 0.4) is 0 Å². The molecule has 4 atom stereocenters. The lowest BCUT2D eigenvalue weighted by molar-refractivity contribution is -0.121. The van der Waals surface area contributed by atoms with E-state index >= 15 is 0 Å². The Morgan fingerprint density at radius 3 is 1.52 bits per heavy atom. The smallest absolute Gasteiger partial charge is 0.261 e. The first-order valence-corrected chi connectivity index (χ1v) is 17.8. The summed E-state index contributed by atoms with van der Waals surface area (Å²) in [6, 6.07) is 5.94. The second-order valence-corrected chi connectivity index (χ2v) is 14.5. The minimum atomic E-state index is -0.523. The van der Waals surface area contributed by atoms with Crippen LogP contribution in [0, 0.1) is 0 Å². The molecule has 2 aromatic carbocycles. The van der Waals surface area contributed by atoms with E-state index in [9.17, 15) is 29.4 Å². The third kappa shape index (κ3) is 8.96. The molecule has 4 aromatic rings. The summed E-state index contributed by atoms with van der Waals surface area (Å²) in [6.07, 6.45) is 5.24.